The fraction of sp³-hybridized carbons (Fsp3) is 0.100. The maximum atomic E-state index is 11.5. The Morgan fingerprint density at radius 1 is 1.47 bits per heavy atom. The van der Waals surface area contributed by atoms with Crippen LogP contribution in [0, 0.1) is 0 Å². The summed E-state index contributed by atoms with van der Waals surface area (Å²) in [5.74, 6) is 0.480. The molecule has 76 valence electrons. The first-order valence-electron chi connectivity index (χ1n) is 4.53. The molecule has 0 saturated carbocycles. The average molecular weight is 202 g/mol. The predicted octanol–water partition coefficient (Wildman–Crippen LogP) is 0.986. The summed E-state index contributed by atoms with van der Waals surface area (Å²) >= 11 is 0. The minimum Gasteiger partial charge on any atom is -0.331 e. The Balaban J connectivity index is 1.94. The monoisotopic (exact) mass is 202 g/mol. The maximum absolute atomic E-state index is 11.5. The van der Waals surface area contributed by atoms with Crippen LogP contribution in [0.15, 0.2) is 36.9 Å². The normalized spacial score (nSPS) is 9.87. The van der Waals surface area contributed by atoms with Crippen molar-refractivity contribution in [2.75, 3.05) is 5.32 Å². The molecule has 5 nitrogen and oxygen atoms in total. The highest BCUT2D eigenvalue weighted by atomic mass is 16.1. The van der Waals surface area contributed by atoms with Gasteiger partial charge in [0.05, 0.1) is 18.9 Å². The smallest absolute Gasteiger partial charge is 0.231 e. The standard InChI is InChI=1S/C10H10N4O/c15-10(14-9-6-11-7-13-9)5-8-3-1-2-4-12-8/h1-4,6-7H,5H2,(H,11,13)(H,14,15). The second-order valence-corrected chi connectivity index (χ2v) is 3.01. The van der Waals surface area contributed by atoms with Crippen LogP contribution in [0.3, 0.4) is 0 Å². The van der Waals surface area contributed by atoms with Crippen LogP contribution in [-0.4, -0.2) is 20.9 Å². The Kier molecular flexibility index (Phi) is 2.73. The van der Waals surface area contributed by atoms with E-state index in [4.69, 9.17) is 0 Å². The number of aromatic nitrogens is 3. The molecular formula is C10H10N4O. The van der Waals surface area contributed by atoms with Crippen LogP contribution in [0.2, 0.25) is 0 Å². The Bertz CT molecular complexity index is 424. The molecule has 0 aromatic carbocycles. The van der Waals surface area contributed by atoms with E-state index in [9.17, 15) is 4.79 Å². The maximum Gasteiger partial charge on any atom is 0.231 e. The van der Waals surface area contributed by atoms with E-state index in [0.717, 1.165) is 5.69 Å². The molecule has 0 aliphatic carbocycles. The van der Waals surface area contributed by atoms with E-state index in [0.29, 0.717) is 5.82 Å². The largest absolute Gasteiger partial charge is 0.331 e. The predicted molar refractivity (Wildman–Crippen MR) is 55.2 cm³/mol. The fourth-order valence-corrected chi connectivity index (χ4v) is 1.19. The number of rotatable bonds is 3. The first kappa shape index (κ1) is 9.39. The number of aromatic amines is 1. The van der Waals surface area contributed by atoms with Crippen molar-refractivity contribution in [3.05, 3.63) is 42.6 Å². The van der Waals surface area contributed by atoms with Crippen LogP contribution in [0.25, 0.3) is 0 Å². The number of amides is 1. The van der Waals surface area contributed by atoms with Gasteiger partial charge < -0.3 is 10.3 Å². The van der Waals surface area contributed by atoms with Crippen molar-refractivity contribution in [3.63, 3.8) is 0 Å². The Hall–Kier alpha value is -2.17. The van der Waals surface area contributed by atoms with Crippen LogP contribution in [0.1, 0.15) is 5.69 Å². The van der Waals surface area contributed by atoms with E-state index >= 15 is 0 Å². The zero-order valence-electron chi connectivity index (χ0n) is 7.97. The molecule has 5 heteroatoms. The van der Waals surface area contributed by atoms with Gasteiger partial charge >= 0.3 is 0 Å². The summed E-state index contributed by atoms with van der Waals surface area (Å²) in [7, 11) is 0. The summed E-state index contributed by atoms with van der Waals surface area (Å²) in [5.41, 5.74) is 0.745. The third-order valence-electron chi connectivity index (χ3n) is 1.84. The molecule has 1 amide bonds. The molecule has 0 fully saturated rings. The lowest BCUT2D eigenvalue weighted by atomic mass is 10.2. The third kappa shape index (κ3) is 2.63. The molecule has 0 atom stereocenters. The minimum atomic E-state index is -0.113. The highest BCUT2D eigenvalue weighted by molar-refractivity contribution is 5.90. The number of carbonyl (C=O) groups is 1. The van der Waals surface area contributed by atoms with Gasteiger partial charge in [-0.25, -0.2) is 4.98 Å². The summed E-state index contributed by atoms with van der Waals surface area (Å²) < 4.78 is 0. The lowest BCUT2D eigenvalue weighted by molar-refractivity contribution is -0.115. The fourth-order valence-electron chi connectivity index (χ4n) is 1.19. The van der Waals surface area contributed by atoms with Gasteiger partial charge in [0.25, 0.3) is 0 Å². The molecule has 0 aliphatic rings. The van der Waals surface area contributed by atoms with Crippen molar-refractivity contribution in [1.82, 2.24) is 15.0 Å². The second kappa shape index (κ2) is 4.36. The summed E-state index contributed by atoms with van der Waals surface area (Å²) in [6.07, 6.45) is 4.99. The quantitative estimate of drug-likeness (QED) is 0.779. The lowest BCUT2D eigenvalue weighted by Crippen LogP contribution is -2.15. The molecule has 2 heterocycles. The van der Waals surface area contributed by atoms with Crippen LogP contribution < -0.4 is 5.32 Å². The van der Waals surface area contributed by atoms with Crippen LogP contribution in [0.5, 0.6) is 0 Å². The molecule has 0 radical (unpaired) electrons. The lowest BCUT2D eigenvalue weighted by Gasteiger charge is -2.01. The van der Waals surface area contributed by atoms with Gasteiger partial charge in [-0.1, -0.05) is 6.07 Å². The number of imidazole rings is 1. The SMILES string of the molecule is O=C(Cc1ccccn1)Nc1cnc[nH]1. The molecule has 2 N–H and O–H groups in total. The van der Waals surface area contributed by atoms with E-state index in [1.807, 2.05) is 18.2 Å². The number of hydrogen-bond acceptors (Lipinski definition) is 3. The summed E-state index contributed by atoms with van der Waals surface area (Å²) in [6, 6.07) is 5.48. The molecule has 2 aromatic heterocycles. The van der Waals surface area contributed by atoms with Gasteiger partial charge in [-0.05, 0) is 12.1 Å². The van der Waals surface area contributed by atoms with E-state index in [1.165, 1.54) is 6.33 Å². The van der Waals surface area contributed by atoms with Gasteiger partial charge in [-0.2, -0.15) is 0 Å². The Morgan fingerprint density at radius 3 is 3.07 bits per heavy atom. The van der Waals surface area contributed by atoms with Gasteiger partial charge in [0.1, 0.15) is 5.82 Å². The van der Waals surface area contributed by atoms with E-state index < -0.39 is 0 Å². The Labute approximate surface area is 86.6 Å². The van der Waals surface area contributed by atoms with E-state index in [-0.39, 0.29) is 12.3 Å². The number of nitrogens with zero attached hydrogens (tertiary/aromatic N) is 2. The molecule has 2 aromatic rings. The number of carbonyl (C=O) groups excluding carboxylic acids is 1. The highest BCUT2D eigenvalue weighted by Gasteiger charge is 2.04. The van der Waals surface area contributed by atoms with Crippen LogP contribution in [0.4, 0.5) is 5.82 Å². The molecule has 15 heavy (non-hydrogen) atoms. The highest BCUT2D eigenvalue weighted by Crippen LogP contribution is 2.00. The van der Waals surface area contributed by atoms with Gasteiger partial charge in [0.2, 0.25) is 5.91 Å². The summed E-state index contributed by atoms with van der Waals surface area (Å²) in [6.45, 7) is 0. The number of anilines is 1. The van der Waals surface area contributed by atoms with Crippen molar-refractivity contribution in [1.29, 1.82) is 0 Å². The van der Waals surface area contributed by atoms with Crippen molar-refractivity contribution in [2.45, 2.75) is 6.42 Å². The second-order valence-electron chi connectivity index (χ2n) is 3.01. The van der Waals surface area contributed by atoms with E-state index in [2.05, 4.69) is 20.3 Å². The zero-order valence-corrected chi connectivity index (χ0v) is 7.97. The van der Waals surface area contributed by atoms with Crippen molar-refractivity contribution in [3.8, 4) is 0 Å². The molecule has 0 bridgehead atoms. The average Bonchev–Trinajstić information content (AvgIpc) is 2.71. The third-order valence-corrected chi connectivity index (χ3v) is 1.84. The molecule has 2 rings (SSSR count). The zero-order chi connectivity index (χ0) is 10.5. The molecule has 0 unspecified atom stereocenters. The van der Waals surface area contributed by atoms with Crippen molar-refractivity contribution >= 4 is 11.7 Å². The first-order chi connectivity index (χ1) is 7.34. The van der Waals surface area contributed by atoms with E-state index in [1.54, 1.807) is 12.4 Å². The van der Waals surface area contributed by atoms with Gasteiger partial charge in [0, 0.05) is 11.9 Å². The summed E-state index contributed by atoms with van der Waals surface area (Å²) in [4.78, 5) is 22.1. The molecule has 0 spiro atoms. The number of nitrogens with one attached hydrogen (secondary N) is 2. The van der Waals surface area contributed by atoms with Crippen molar-refractivity contribution < 1.29 is 4.79 Å². The van der Waals surface area contributed by atoms with Crippen LogP contribution in [-0.2, 0) is 11.2 Å². The van der Waals surface area contributed by atoms with Gasteiger partial charge in [-0.3, -0.25) is 9.78 Å². The molecule has 0 aliphatic heterocycles. The minimum absolute atomic E-state index is 0.113. The van der Waals surface area contributed by atoms with Gasteiger partial charge in [-0.15, -0.1) is 0 Å². The van der Waals surface area contributed by atoms with Gasteiger partial charge in [0.15, 0.2) is 0 Å². The number of hydrogen-bond donors (Lipinski definition) is 2. The van der Waals surface area contributed by atoms with Crippen molar-refractivity contribution in [2.24, 2.45) is 0 Å². The summed E-state index contributed by atoms with van der Waals surface area (Å²) in [5, 5.41) is 2.67. The topological polar surface area (TPSA) is 70.7 Å². The number of pyridine rings is 1. The number of H-pyrrole nitrogens is 1. The Morgan fingerprint density at radius 2 is 2.40 bits per heavy atom. The molecular weight excluding hydrogens is 192 g/mol. The molecule has 0 saturated heterocycles. The van der Waals surface area contributed by atoms with Crippen LogP contribution >= 0.6 is 0 Å². The first-order valence-corrected chi connectivity index (χ1v) is 4.53.